The number of fused-ring (bicyclic) bond motifs is 1. The Labute approximate surface area is 106 Å². The summed E-state index contributed by atoms with van der Waals surface area (Å²) in [5, 5.41) is 0. The van der Waals surface area contributed by atoms with Crippen LogP contribution in [0.1, 0.15) is 24.8 Å². The van der Waals surface area contributed by atoms with Crippen molar-refractivity contribution in [1.29, 1.82) is 0 Å². The van der Waals surface area contributed by atoms with E-state index in [1.807, 2.05) is 24.3 Å². The van der Waals surface area contributed by atoms with Crippen molar-refractivity contribution in [3.63, 3.8) is 0 Å². The topological polar surface area (TPSA) is 58.7 Å². The van der Waals surface area contributed by atoms with Crippen LogP contribution in [0.5, 0.6) is 0 Å². The van der Waals surface area contributed by atoms with Gasteiger partial charge in [0.15, 0.2) is 6.17 Å². The molecule has 1 aromatic rings. The molecule has 0 aromatic heterocycles. The Bertz CT molecular complexity index is 520. The third-order valence-electron chi connectivity index (χ3n) is 3.89. The maximum atomic E-state index is 12.1. The second-order valence-electron chi connectivity index (χ2n) is 5.00. The molecule has 1 aliphatic carbocycles. The van der Waals surface area contributed by atoms with Crippen LogP contribution in [-0.4, -0.2) is 24.8 Å². The van der Waals surface area contributed by atoms with Crippen LogP contribution in [0.15, 0.2) is 29.3 Å². The molecule has 1 saturated carbocycles. The summed E-state index contributed by atoms with van der Waals surface area (Å²) in [6, 6.07) is 7.92. The number of anilines is 1. The molecular weight excluding hydrogens is 226 g/mol. The fraction of sp³-hybridized carbons (Fsp3) is 0.429. The highest BCUT2D eigenvalue weighted by Gasteiger charge is 2.32. The van der Waals surface area contributed by atoms with Gasteiger partial charge < -0.3 is 10.6 Å². The van der Waals surface area contributed by atoms with Gasteiger partial charge in [0.05, 0.1) is 5.69 Å². The number of amides is 1. The van der Waals surface area contributed by atoms with E-state index in [4.69, 9.17) is 5.73 Å². The summed E-state index contributed by atoms with van der Waals surface area (Å²) in [4.78, 5) is 18.2. The van der Waals surface area contributed by atoms with Gasteiger partial charge in [0.1, 0.15) is 0 Å². The lowest BCUT2D eigenvalue weighted by molar-refractivity contribution is -0.119. The highest BCUT2D eigenvalue weighted by Crippen LogP contribution is 2.35. The van der Waals surface area contributed by atoms with E-state index in [0.717, 1.165) is 29.8 Å². The fourth-order valence-corrected chi connectivity index (χ4v) is 2.58. The van der Waals surface area contributed by atoms with Crippen LogP contribution in [0.2, 0.25) is 0 Å². The van der Waals surface area contributed by atoms with E-state index < -0.39 is 6.17 Å². The Morgan fingerprint density at radius 2 is 2.06 bits per heavy atom. The molecule has 0 radical (unpaired) electrons. The normalized spacial score (nSPS) is 24.1. The Morgan fingerprint density at radius 1 is 1.33 bits per heavy atom. The van der Waals surface area contributed by atoms with Gasteiger partial charge in [0, 0.05) is 24.2 Å². The fourth-order valence-electron chi connectivity index (χ4n) is 2.58. The number of carbonyl (C=O) groups excluding carboxylic acids is 1. The summed E-state index contributed by atoms with van der Waals surface area (Å²) in [5.74, 6) is 0.327. The van der Waals surface area contributed by atoms with E-state index in [1.165, 1.54) is 6.42 Å². The molecule has 0 bridgehead atoms. The van der Waals surface area contributed by atoms with E-state index in [0.29, 0.717) is 5.92 Å². The Morgan fingerprint density at radius 3 is 2.72 bits per heavy atom. The van der Waals surface area contributed by atoms with E-state index in [9.17, 15) is 4.79 Å². The number of hydrogen-bond acceptors (Lipinski definition) is 3. The van der Waals surface area contributed by atoms with E-state index in [1.54, 1.807) is 11.9 Å². The van der Waals surface area contributed by atoms with Crippen molar-refractivity contribution in [2.24, 2.45) is 16.6 Å². The number of carbonyl (C=O) groups is 1. The molecule has 4 nitrogen and oxygen atoms in total. The van der Waals surface area contributed by atoms with E-state index in [-0.39, 0.29) is 5.91 Å². The quantitative estimate of drug-likeness (QED) is 0.813. The standard InChI is InChI=1S/C14H17N3O/c1-17-11-8-3-2-7-10(11)12(9-5-4-6-9)16-13(15)14(17)18/h2-3,7-9,13H,4-6,15H2,1H3/t13-/m0/s1. The number of aliphatic imine (C=N–C) groups is 1. The maximum absolute atomic E-state index is 12.1. The predicted octanol–water partition coefficient (Wildman–Crippen LogP) is 1.54. The lowest BCUT2D eigenvalue weighted by atomic mass is 9.79. The van der Waals surface area contributed by atoms with Gasteiger partial charge in [0.25, 0.3) is 5.91 Å². The number of nitrogens with zero attached hydrogens (tertiary/aromatic N) is 2. The second kappa shape index (κ2) is 4.21. The molecule has 2 aliphatic rings. The lowest BCUT2D eigenvalue weighted by Gasteiger charge is -2.28. The first-order chi connectivity index (χ1) is 8.68. The molecule has 18 heavy (non-hydrogen) atoms. The third-order valence-corrected chi connectivity index (χ3v) is 3.89. The number of para-hydroxylation sites is 1. The first-order valence-electron chi connectivity index (χ1n) is 6.38. The molecular formula is C14H17N3O. The van der Waals surface area contributed by atoms with Crippen molar-refractivity contribution in [3.05, 3.63) is 29.8 Å². The first-order valence-corrected chi connectivity index (χ1v) is 6.38. The van der Waals surface area contributed by atoms with Crippen LogP contribution in [0.25, 0.3) is 0 Å². The molecule has 1 amide bonds. The average molecular weight is 243 g/mol. The van der Waals surface area contributed by atoms with Gasteiger partial charge in [0.2, 0.25) is 0 Å². The SMILES string of the molecule is CN1C(=O)[C@@H](N)N=C(C2CCC2)c2ccccc21. The lowest BCUT2D eigenvalue weighted by Crippen LogP contribution is -2.40. The molecule has 0 unspecified atom stereocenters. The second-order valence-corrected chi connectivity index (χ2v) is 5.00. The number of nitrogens with two attached hydrogens (primary N) is 1. The van der Waals surface area contributed by atoms with Crippen molar-refractivity contribution in [1.82, 2.24) is 0 Å². The highest BCUT2D eigenvalue weighted by atomic mass is 16.2. The molecule has 3 rings (SSSR count). The zero-order chi connectivity index (χ0) is 12.7. The molecule has 1 aromatic carbocycles. The molecule has 0 spiro atoms. The first kappa shape index (κ1) is 11.4. The molecule has 2 N–H and O–H groups in total. The van der Waals surface area contributed by atoms with Crippen LogP contribution in [0, 0.1) is 5.92 Å². The van der Waals surface area contributed by atoms with E-state index >= 15 is 0 Å². The predicted molar refractivity (Wildman–Crippen MR) is 71.7 cm³/mol. The third kappa shape index (κ3) is 1.64. The number of rotatable bonds is 1. The van der Waals surface area contributed by atoms with Gasteiger partial charge in [-0.3, -0.25) is 9.79 Å². The van der Waals surface area contributed by atoms with Crippen molar-refractivity contribution in [2.45, 2.75) is 25.4 Å². The van der Waals surface area contributed by atoms with Gasteiger partial charge in [-0.1, -0.05) is 24.6 Å². The van der Waals surface area contributed by atoms with E-state index in [2.05, 4.69) is 4.99 Å². The summed E-state index contributed by atoms with van der Waals surface area (Å²) in [7, 11) is 1.76. The van der Waals surface area contributed by atoms with Crippen LogP contribution in [0.4, 0.5) is 5.69 Å². The summed E-state index contributed by atoms with van der Waals surface area (Å²) in [6.07, 6.45) is 2.78. The van der Waals surface area contributed by atoms with Crippen LogP contribution < -0.4 is 10.6 Å². The van der Waals surface area contributed by atoms with Crippen LogP contribution in [0.3, 0.4) is 0 Å². The molecule has 4 heteroatoms. The van der Waals surface area contributed by atoms with Gasteiger partial charge in [-0.2, -0.15) is 0 Å². The minimum absolute atomic E-state index is 0.142. The van der Waals surface area contributed by atoms with Crippen molar-refractivity contribution >= 4 is 17.3 Å². The molecule has 0 saturated heterocycles. The number of benzodiazepines with no additional fused rings is 1. The molecule has 1 atom stereocenters. The van der Waals surface area contributed by atoms with Gasteiger partial charge in [-0.15, -0.1) is 0 Å². The zero-order valence-corrected chi connectivity index (χ0v) is 10.5. The zero-order valence-electron chi connectivity index (χ0n) is 10.5. The average Bonchev–Trinajstić information content (AvgIpc) is 2.41. The van der Waals surface area contributed by atoms with Crippen molar-refractivity contribution < 1.29 is 4.79 Å². The van der Waals surface area contributed by atoms with Crippen LogP contribution in [-0.2, 0) is 4.79 Å². The smallest absolute Gasteiger partial charge is 0.266 e. The Balaban J connectivity index is 2.14. The summed E-state index contributed by atoms with van der Waals surface area (Å²) < 4.78 is 0. The monoisotopic (exact) mass is 243 g/mol. The summed E-state index contributed by atoms with van der Waals surface area (Å²) >= 11 is 0. The maximum Gasteiger partial charge on any atom is 0.266 e. The summed E-state index contributed by atoms with van der Waals surface area (Å²) in [6.45, 7) is 0. The highest BCUT2D eigenvalue weighted by molar-refractivity contribution is 6.13. The number of likely N-dealkylation sites (N-methyl/N-ethyl adjacent to an activating group) is 1. The largest absolute Gasteiger partial charge is 0.312 e. The Kier molecular flexibility index (Phi) is 2.67. The summed E-state index contributed by atoms with van der Waals surface area (Å²) in [5.41, 5.74) is 8.87. The minimum atomic E-state index is -0.766. The van der Waals surface area contributed by atoms with Crippen molar-refractivity contribution in [3.8, 4) is 0 Å². The number of hydrogen-bond donors (Lipinski definition) is 1. The van der Waals surface area contributed by atoms with Gasteiger partial charge in [-0.05, 0) is 18.9 Å². The van der Waals surface area contributed by atoms with Gasteiger partial charge >= 0.3 is 0 Å². The van der Waals surface area contributed by atoms with Crippen LogP contribution >= 0.6 is 0 Å². The number of benzene rings is 1. The molecule has 1 heterocycles. The molecule has 1 aliphatic heterocycles. The Hall–Kier alpha value is -1.68. The minimum Gasteiger partial charge on any atom is -0.312 e. The molecule has 94 valence electrons. The van der Waals surface area contributed by atoms with Gasteiger partial charge in [-0.25, -0.2) is 0 Å². The van der Waals surface area contributed by atoms with Crippen molar-refractivity contribution in [2.75, 3.05) is 11.9 Å². The molecule has 1 fully saturated rings.